The van der Waals surface area contributed by atoms with E-state index in [0.29, 0.717) is 0 Å². The highest BCUT2D eigenvalue weighted by molar-refractivity contribution is 5.85. The number of hydrogen-bond acceptors (Lipinski definition) is 2. The summed E-state index contributed by atoms with van der Waals surface area (Å²) < 4.78 is 0. The smallest absolute Gasteiger partial charge is 0.00954 e. The van der Waals surface area contributed by atoms with E-state index in [1.165, 1.54) is 38.8 Å². The van der Waals surface area contributed by atoms with E-state index in [1.807, 2.05) is 0 Å². The predicted molar refractivity (Wildman–Crippen MR) is 53.6 cm³/mol. The third kappa shape index (κ3) is 1.93. The SMILES string of the molecule is Cl.NC[C@@H]1CCN(C2CCC2)C1. The van der Waals surface area contributed by atoms with E-state index in [0.717, 1.165) is 18.5 Å². The zero-order chi connectivity index (χ0) is 7.68. The van der Waals surface area contributed by atoms with Crippen molar-refractivity contribution in [2.75, 3.05) is 19.6 Å². The average Bonchev–Trinajstić information content (AvgIpc) is 2.32. The molecule has 2 fully saturated rings. The largest absolute Gasteiger partial charge is 0.330 e. The maximum absolute atomic E-state index is 5.63. The van der Waals surface area contributed by atoms with Crippen LogP contribution in [0.25, 0.3) is 0 Å². The van der Waals surface area contributed by atoms with Gasteiger partial charge in [-0.2, -0.15) is 0 Å². The Labute approximate surface area is 80.9 Å². The van der Waals surface area contributed by atoms with Gasteiger partial charge in [0.15, 0.2) is 0 Å². The molecule has 0 radical (unpaired) electrons. The van der Waals surface area contributed by atoms with Crippen molar-refractivity contribution in [3.05, 3.63) is 0 Å². The van der Waals surface area contributed by atoms with Crippen molar-refractivity contribution in [3.8, 4) is 0 Å². The van der Waals surface area contributed by atoms with Gasteiger partial charge in [-0.25, -0.2) is 0 Å². The summed E-state index contributed by atoms with van der Waals surface area (Å²) in [6, 6.07) is 0.937. The van der Waals surface area contributed by atoms with Gasteiger partial charge in [0.05, 0.1) is 0 Å². The third-order valence-electron chi connectivity index (χ3n) is 3.24. The maximum atomic E-state index is 5.63. The fraction of sp³-hybridized carbons (Fsp3) is 1.00. The predicted octanol–water partition coefficient (Wildman–Crippen LogP) is 1.24. The fourth-order valence-electron chi connectivity index (χ4n) is 2.14. The standard InChI is InChI=1S/C9H18N2.ClH/c10-6-8-4-5-11(7-8)9-2-1-3-9;/h8-9H,1-7,10H2;1H/t8-;/m0./s1. The Kier molecular flexibility index (Phi) is 3.81. The van der Waals surface area contributed by atoms with Crippen LogP contribution >= 0.6 is 12.4 Å². The number of nitrogens with zero attached hydrogens (tertiary/aromatic N) is 1. The highest BCUT2D eigenvalue weighted by Gasteiger charge is 2.30. The van der Waals surface area contributed by atoms with Crippen LogP contribution in [-0.4, -0.2) is 30.6 Å². The molecule has 2 rings (SSSR count). The van der Waals surface area contributed by atoms with Crippen LogP contribution in [-0.2, 0) is 0 Å². The molecular formula is C9H19ClN2. The molecule has 2 aliphatic rings. The number of hydrogen-bond donors (Lipinski definition) is 1. The van der Waals surface area contributed by atoms with Crippen molar-refractivity contribution < 1.29 is 0 Å². The number of nitrogens with two attached hydrogens (primary N) is 1. The molecule has 12 heavy (non-hydrogen) atoms. The molecule has 1 atom stereocenters. The summed E-state index contributed by atoms with van der Waals surface area (Å²) in [4.78, 5) is 2.64. The van der Waals surface area contributed by atoms with E-state index in [1.54, 1.807) is 0 Å². The lowest BCUT2D eigenvalue weighted by atomic mass is 9.92. The molecule has 0 aromatic heterocycles. The van der Waals surface area contributed by atoms with Crippen molar-refractivity contribution >= 4 is 12.4 Å². The summed E-state index contributed by atoms with van der Waals surface area (Å²) in [5.74, 6) is 0.801. The lowest BCUT2D eigenvalue weighted by Gasteiger charge is -2.34. The van der Waals surface area contributed by atoms with Gasteiger partial charge in [0.1, 0.15) is 0 Å². The lowest BCUT2D eigenvalue weighted by molar-refractivity contribution is 0.154. The molecule has 72 valence electrons. The second-order valence-electron chi connectivity index (χ2n) is 3.97. The number of rotatable bonds is 2. The van der Waals surface area contributed by atoms with Gasteiger partial charge >= 0.3 is 0 Å². The van der Waals surface area contributed by atoms with E-state index in [9.17, 15) is 0 Å². The first-order valence-electron chi connectivity index (χ1n) is 4.84. The van der Waals surface area contributed by atoms with Gasteiger partial charge in [0, 0.05) is 12.6 Å². The number of halogens is 1. The van der Waals surface area contributed by atoms with Gasteiger partial charge in [-0.05, 0) is 38.3 Å². The zero-order valence-electron chi connectivity index (χ0n) is 7.54. The molecule has 0 unspecified atom stereocenters. The zero-order valence-corrected chi connectivity index (χ0v) is 8.35. The van der Waals surface area contributed by atoms with E-state index in [4.69, 9.17) is 5.73 Å². The summed E-state index contributed by atoms with van der Waals surface area (Å²) >= 11 is 0. The van der Waals surface area contributed by atoms with Crippen LogP contribution in [0.5, 0.6) is 0 Å². The van der Waals surface area contributed by atoms with Crippen molar-refractivity contribution in [3.63, 3.8) is 0 Å². The summed E-state index contributed by atoms with van der Waals surface area (Å²) in [6.45, 7) is 3.48. The molecular weight excluding hydrogens is 172 g/mol. The Morgan fingerprint density at radius 2 is 2.00 bits per heavy atom. The van der Waals surface area contributed by atoms with E-state index in [2.05, 4.69) is 4.90 Å². The van der Waals surface area contributed by atoms with Crippen molar-refractivity contribution in [2.24, 2.45) is 11.7 Å². The maximum Gasteiger partial charge on any atom is 0.00954 e. The fourth-order valence-corrected chi connectivity index (χ4v) is 2.14. The van der Waals surface area contributed by atoms with Crippen molar-refractivity contribution in [1.82, 2.24) is 4.90 Å². The second kappa shape index (κ2) is 4.45. The van der Waals surface area contributed by atoms with E-state index < -0.39 is 0 Å². The van der Waals surface area contributed by atoms with Crippen molar-refractivity contribution in [1.29, 1.82) is 0 Å². The lowest BCUT2D eigenvalue weighted by Crippen LogP contribution is -2.38. The molecule has 1 aliphatic heterocycles. The van der Waals surface area contributed by atoms with Crippen LogP contribution < -0.4 is 5.73 Å². The highest BCUT2D eigenvalue weighted by atomic mass is 35.5. The second-order valence-corrected chi connectivity index (χ2v) is 3.97. The van der Waals surface area contributed by atoms with Crippen LogP contribution in [0.4, 0.5) is 0 Å². The minimum atomic E-state index is 0. The first-order valence-corrected chi connectivity index (χ1v) is 4.84. The Bertz CT molecular complexity index is 136. The first-order chi connectivity index (χ1) is 5.40. The number of likely N-dealkylation sites (tertiary alicyclic amines) is 1. The molecule has 2 N–H and O–H groups in total. The summed E-state index contributed by atoms with van der Waals surface area (Å²) in [5, 5.41) is 0. The van der Waals surface area contributed by atoms with Crippen LogP contribution in [0.2, 0.25) is 0 Å². The molecule has 0 aromatic carbocycles. The summed E-state index contributed by atoms with van der Waals surface area (Å²) in [5.41, 5.74) is 5.63. The quantitative estimate of drug-likeness (QED) is 0.710. The normalized spacial score (nSPS) is 31.2. The molecule has 1 saturated heterocycles. The molecule has 1 heterocycles. The van der Waals surface area contributed by atoms with E-state index in [-0.39, 0.29) is 12.4 Å². The van der Waals surface area contributed by atoms with Gasteiger partial charge in [-0.3, -0.25) is 0 Å². The minimum Gasteiger partial charge on any atom is -0.330 e. The Morgan fingerprint density at radius 3 is 2.42 bits per heavy atom. The van der Waals surface area contributed by atoms with Gasteiger partial charge in [0.2, 0.25) is 0 Å². The highest BCUT2D eigenvalue weighted by Crippen LogP contribution is 2.29. The third-order valence-corrected chi connectivity index (χ3v) is 3.24. The van der Waals surface area contributed by atoms with Gasteiger partial charge in [-0.15, -0.1) is 12.4 Å². The molecule has 0 bridgehead atoms. The molecule has 0 amide bonds. The topological polar surface area (TPSA) is 29.3 Å². The van der Waals surface area contributed by atoms with Gasteiger partial charge in [0.25, 0.3) is 0 Å². The van der Waals surface area contributed by atoms with Crippen LogP contribution in [0.1, 0.15) is 25.7 Å². The minimum absolute atomic E-state index is 0. The molecule has 2 nitrogen and oxygen atoms in total. The molecule has 0 aromatic rings. The van der Waals surface area contributed by atoms with Crippen LogP contribution in [0, 0.1) is 5.92 Å². The van der Waals surface area contributed by atoms with Crippen molar-refractivity contribution in [2.45, 2.75) is 31.7 Å². The average molecular weight is 191 g/mol. The summed E-state index contributed by atoms with van der Waals surface area (Å²) in [7, 11) is 0. The van der Waals surface area contributed by atoms with Gasteiger partial charge in [-0.1, -0.05) is 6.42 Å². The molecule has 1 aliphatic carbocycles. The van der Waals surface area contributed by atoms with Crippen LogP contribution in [0.3, 0.4) is 0 Å². The Balaban J connectivity index is 0.000000720. The Morgan fingerprint density at radius 1 is 1.25 bits per heavy atom. The first kappa shape index (κ1) is 10.3. The monoisotopic (exact) mass is 190 g/mol. The van der Waals surface area contributed by atoms with Crippen LogP contribution in [0.15, 0.2) is 0 Å². The van der Waals surface area contributed by atoms with Gasteiger partial charge < -0.3 is 10.6 Å². The molecule has 1 saturated carbocycles. The Hall–Kier alpha value is 0.210. The molecule has 0 spiro atoms. The van der Waals surface area contributed by atoms with E-state index >= 15 is 0 Å². The summed E-state index contributed by atoms with van der Waals surface area (Å²) in [6.07, 6.45) is 5.68. The molecule has 3 heteroatoms.